The molecule has 3 aromatic rings. The van der Waals surface area contributed by atoms with Gasteiger partial charge in [-0.1, -0.05) is 18.2 Å². The van der Waals surface area contributed by atoms with Crippen LogP contribution in [0.5, 0.6) is 0 Å². The Morgan fingerprint density at radius 3 is 2.47 bits per heavy atom. The number of H-pyrrole nitrogens is 1. The van der Waals surface area contributed by atoms with Gasteiger partial charge in [0.1, 0.15) is 0 Å². The van der Waals surface area contributed by atoms with Crippen molar-refractivity contribution in [2.24, 2.45) is 0 Å². The van der Waals surface area contributed by atoms with Crippen molar-refractivity contribution in [3.05, 3.63) is 71.6 Å². The molecule has 1 aliphatic rings. The second-order valence-electron chi connectivity index (χ2n) is 8.01. The van der Waals surface area contributed by atoms with E-state index in [0.717, 1.165) is 40.2 Å². The summed E-state index contributed by atoms with van der Waals surface area (Å²) in [5.74, 6) is -2.85. The number of aromatic amines is 1. The van der Waals surface area contributed by atoms with Crippen LogP contribution < -0.4 is 5.32 Å². The van der Waals surface area contributed by atoms with Gasteiger partial charge >= 0.3 is 12.1 Å². The molecule has 0 bridgehead atoms. The van der Waals surface area contributed by atoms with Gasteiger partial charge in [0.05, 0.1) is 11.3 Å². The molecule has 0 aliphatic carbocycles. The molecule has 0 spiro atoms. The number of aliphatic carboxylic acids is 1. The van der Waals surface area contributed by atoms with Gasteiger partial charge in [-0.05, 0) is 35.9 Å². The van der Waals surface area contributed by atoms with E-state index in [9.17, 15) is 22.8 Å². The minimum absolute atomic E-state index is 0.0326. The number of likely N-dealkylation sites (N-methyl/N-ethyl adjacent to an activating group) is 1. The Balaban J connectivity index is 0.000000454. The molecule has 0 unspecified atom stereocenters. The third kappa shape index (κ3) is 6.59. The van der Waals surface area contributed by atoms with E-state index in [0.29, 0.717) is 12.1 Å². The molecular weight excluding hydrogens is 477 g/mol. The summed E-state index contributed by atoms with van der Waals surface area (Å²) in [4.78, 5) is 42.1. The fraction of sp³-hybridized carbons (Fsp3) is 0.200. The molecule has 11 heteroatoms. The fourth-order valence-corrected chi connectivity index (χ4v) is 3.32. The summed E-state index contributed by atoms with van der Waals surface area (Å²) in [6.07, 6.45) is 0.840. The van der Waals surface area contributed by atoms with Gasteiger partial charge in [0.15, 0.2) is 0 Å². The molecule has 8 nitrogen and oxygen atoms in total. The number of aromatic nitrogens is 2. The number of alkyl halides is 3. The van der Waals surface area contributed by atoms with Crippen LogP contribution in [0.1, 0.15) is 21.6 Å². The van der Waals surface area contributed by atoms with E-state index in [1.54, 1.807) is 32.4 Å². The summed E-state index contributed by atoms with van der Waals surface area (Å²) in [6, 6.07) is 13.7. The molecule has 0 atom stereocenters. The summed E-state index contributed by atoms with van der Waals surface area (Å²) in [7, 11) is 3.45. The highest BCUT2D eigenvalue weighted by Gasteiger charge is 2.38. The van der Waals surface area contributed by atoms with Crippen LogP contribution in [0.3, 0.4) is 0 Å². The van der Waals surface area contributed by atoms with Gasteiger partial charge in [-0.15, -0.1) is 0 Å². The Labute approximate surface area is 204 Å². The average molecular weight is 500 g/mol. The highest BCUT2D eigenvalue weighted by Crippen LogP contribution is 2.27. The van der Waals surface area contributed by atoms with Gasteiger partial charge in [0.2, 0.25) is 5.91 Å². The minimum atomic E-state index is -5.08. The van der Waals surface area contributed by atoms with Crippen molar-refractivity contribution in [1.29, 1.82) is 0 Å². The molecule has 1 aliphatic heterocycles. The van der Waals surface area contributed by atoms with E-state index >= 15 is 0 Å². The summed E-state index contributed by atoms with van der Waals surface area (Å²) >= 11 is 0. The molecule has 1 aromatic carbocycles. The number of hydrogen-bond donors (Lipinski definition) is 3. The topological polar surface area (TPSA) is 115 Å². The van der Waals surface area contributed by atoms with Crippen LogP contribution >= 0.6 is 0 Å². The molecule has 188 valence electrons. The third-order valence-electron chi connectivity index (χ3n) is 5.16. The van der Waals surface area contributed by atoms with Crippen molar-refractivity contribution in [3.8, 4) is 22.5 Å². The zero-order valence-corrected chi connectivity index (χ0v) is 19.4. The molecule has 0 saturated heterocycles. The third-order valence-corrected chi connectivity index (χ3v) is 5.16. The standard InChI is InChI=1S/C23H22N4O2.C2HF3O2/c1-27(2)22(28)7-6-15-4-3-5-16(12-15)20-13-17(8-10-24-20)21-14-18-19(26-21)9-11-25-23(18)29;3-2(4,5)1(6)7/h3-8,10,12-14,26H,9,11H2,1-2H3,(H,25,29);(H,6,7)/b7-6+;. The number of hydrogen-bond acceptors (Lipinski definition) is 4. The van der Waals surface area contributed by atoms with Crippen molar-refractivity contribution >= 4 is 23.9 Å². The lowest BCUT2D eigenvalue weighted by Gasteiger charge is -2.11. The Morgan fingerprint density at radius 1 is 1.11 bits per heavy atom. The summed E-state index contributed by atoms with van der Waals surface area (Å²) < 4.78 is 31.7. The van der Waals surface area contributed by atoms with E-state index in [4.69, 9.17) is 9.90 Å². The number of fused-ring (bicyclic) bond motifs is 1. The Morgan fingerprint density at radius 2 is 1.83 bits per heavy atom. The number of benzene rings is 1. The van der Waals surface area contributed by atoms with Gasteiger partial charge in [-0.25, -0.2) is 4.79 Å². The highest BCUT2D eigenvalue weighted by atomic mass is 19.4. The predicted molar refractivity (Wildman–Crippen MR) is 127 cm³/mol. The zero-order valence-electron chi connectivity index (χ0n) is 19.4. The lowest BCUT2D eigenvalue weighted by molar-refractivity contribution is -0.192. The zero-order chi connectivity index (χ0) is 26.5. The molecule has 2 aromatic heterocycles. The summed E-state index contributed by atoms with van der Waals surface area (Å²) in [5, 5.41) is 9.99. The normalized spacial score (nSPS) is 12.9. The number of carboxylic acid groups (broad SMARTS) is 1. The number of nitrogens with zero attached hydrogens (tertiary/aromatic N) is 2. The minimum Gasteiger partial charge on any atom is -0.475 e. The van der Waals surface area contributed by atoms with Crippen molar-refractivity contribution in [3.63, 3.8) is 0 Å². The smallest absolute Gasteiger partial charge is 0.475 e. The van der Waals surface area contributed by atoms with E-state index in [1.165, 1.54) is 4.90 Å². The maximum Gasteiger partial charge on any atom is 0.490 e. The number of carbonyl (C=O) groups excluding carboxylic acids is 2. The molecule has 4 rings (SSSR count). The van der Waals surface area contributed by atoms with Crippen molar-refractivity contribution in [1.82, 2.24) is 20.2 Å². The number of nitrogens with one attached hydrogen (secondary N) is 2. The molecule has 2 amide bonds. The van der Waals surface area contributed by atoms with E-state index in [-0.39, 0.29) is 11.8 Å². The first kappa shape index (κ1) is 26.2. The SMILES string of the molecule is CN(C)C(=O)/C=C/c1cccc(-c2cc(-c3cc4c([nH]3)CCNC4=O)ccn2)c1.O=C(O)C(F)(F)F. The lowest BCUT2D eigenvalue weighted by atomic mass is 10.0. The molecule has 0 saturated carbocycles. The van der Waals surface area contributed by atoms with E-state index in [1.807, 2.05) is 42.5 Å². The predicted octanol–water partition coefficient (Wildman–Crippen LogP) is 3.76. The van der Waals surface area contributed by atoms with Crippen LogP contribution in [0.2, 0.25) is 0 Å². The van der Waals surface area contributed by atoms with Gasteiger partial charge in [-0.2, -0.15) is 13.2 Å². The summed E-state index contributed by atoms with van der Waals surface area (Å²) in [6.45, 7) is 0.657. The van der Waals surface area contributed by atoms with Crippen LogP contribution in [-0.4, -0.2) is 64.6 Å². The van der Waals surface area contributed by atoms with Crippen molar-refractivity contribution < 1.29 is 32.7 Å². The van der Waals surface area contributed by atoms with Crippen molar-refractivity contribution in [2.75, 3.05) is 20.6 Å². The molecule has 3 heterocycles. The quantitative estimate of drug-likeness (QED) is 0.472. The van der Waals surface area contributed by atoms with Gasteiger partial charge in [0, 0.05) is 61.8 Å². The fourth-order valence-electron chi connectivity index (χ4n) is 3.32. The second kappa shape index (κ2) is 10.9. The van der Waals surface area contributed by atoms with Gasteiger partial charge in [0.25, 0.3) is 5.91 Å². The number of halogens is 3. The number of rotatable bonds is 4. The maximum absolute atomic E-state index is 12.0. The largest absolute Gasteiger partial charge is 0.490 e. The first-order chi connectivity index (χ1) is 17.0. The first-order valence-corrected chi connectivity index (χ1v) is 10.7. The first-order valence-electron chi connectivity index (χ1n) is 10.7. The van der Waals surface area contributed by atoms with E-state index < -0.39 is 12.1 Å². The van der Waals surface area contributed by atoms with Crippen LogP contribution in [0.4, 0.5) is 13.2 Å². The van der Waals surface area contributed by atoms with Crippen LogP contribution in [0.15, 0.2) is 54.7 Å². The summed E-state index contributed by atoms with van der Waals surface area (Å²) in [5.41, 5.74) is 6.28. The van der Waals surface area contributed by atoms with Crippen LogP contribution in [0, 0.1) is 0 Å². The lowest BCUT2D eigenvalue weighted by Crippen LogP contribution is -2.31. The monoisotopic (exact) mass is 500 g/mol. The Bertz CT molecular complexity index is 1310. The maximum atomic E-state index is 12.0. The number of carboxylic acids is 1. The molecule has 0 radical (unpaired) electrons. The van der Waals surface area contributed by atoms with Gasteiger partial charge in [-0.3, -0.25) is 14.6 Å². The van der Waals surface area contributed by atoms with Gasteiger partial charge < -0.3 is 20.3 Å². The molecular formula is C25H23F3N4O4. The molecule has 3 N–H and O–H groups in total. The molecule has 0 fully saturated rings. The Hall–Kier alpha value is -4.41. The highest BCUT2D eigenvalue weighted by molar-refractivity contribution is 5.98. The molecule has 36 heavy (non-hydrogen) atoms. The number of amides is 2. The van der Waals surface area contributed by atoms with Crippen LogP contribution in [0.25, 0.3) is 28.6 Å². The van der Waals surface area contributed by atoms with E-state index in [2.05, 4.69) is 15.3 Å². The number of carbonyl (C=O) groups is 3. The average Bonchev–Trinajstić information content (AvgIpc) is 3.28. The van der Waals surface area contributed by atoms with Crippen molar-refractivity contribution in [2.45, 2.75) is 12.6 Å². The Kier molecular flexibility index (Phi) is 7.93. The number of pyridine rings is 1. The second-order valence-corrected chi connectivity index (χ2v) is 8.01. The van der Waals surface area contributed by atoms with Crippen LogP contribution in [-0.2, 0) is 16.0 Å².